The minimum absolute atomic E-state index is 0.251. The molecule has 0 aliphatic rings. The van der Waals surface area contributed by atoms with E-state index in [9.17, 15) is 4.79 Å². The minimum Gasteiger partial charge on any atom is -0.368 e. The summed E-state index contributed by atoms with van der Waals surface area (Å²) < 4.78 is 0. The molecule has 0 bridgehead atoms. The van der Waals surface area contributed by atoms with Gasteiger partial charge in [0.25, 0.3) is 0 Å². The molecule has 0 aromatic carbocycles. The third kappa shape index (κ3) is 4.59. The SMILES string of the molecule is CCNC(CCSc1ccncn1)C(N)=O. The number of hydrogen-bond acceptors (Lipinski definition) is 5. The summed E-state index contributed by atoms with van der Waals surface area (Å²) in [4.78, 5) is 19.0. The van der Waals surface area contributed by atoms with Gasteiger partial charge in [-0.25, -0.2) is 9.97 Å². The molecule has 1 atom stereocenters. The standard InChI is InChI=1S/C10H16N4OS/c1-2-13-8(10(11)15)4-6-16-9-3-5-12-7-14-9/h3,5,7-8,13H,2,4,6H2,1H3,(H2,11,15). The van der Waals surface area contributed by atoms with Crippen LogP contribution in [0, 0.1) is 0 Å². The highest BCUT2D eigenvalue weighted by molar-refractivity contribution is 7.99. The Labute approximate surface area is 99.2 Å². The van der Waals surface area contributed by atoms with Gasteiger partial charge < -0.3 is 11.1 Å². The lowest BCUT2D eigenvalue weighted by Gasteiger charge is -2.13. The first-order valence-electron chi connectivity index (χ1n) is 5.15. The smallest absolute Gasteiger partial charge is 0.234 e. The van der Waals surface area contributed by atoms with Crippen molar-refractivity contribution < 1.29 is 4.79 Å². The Morgan fingerprint density at radius 1 is 1.69 bits per heavy atom. The number of thioether (sulfide) groups is 1. The molecule has 0 aliphatic heterocycles. The number of nitrogens with two attached hydrogens (primary N) is 1. The van der Waals surface area contributed by atoms with Crippen molar-refractivity contribution in [2.24, 2.45) is 5.73 Å². The molecule has 0 radical (unpaired) electrons. The maximum atomic E-state index is 11.1. The van der Waals surface area contributed by atoms with Crippen molar-refractivity contribution in [1.82, 2.24) is 15.3 Å². The molecule has 0 saturated heterocycles. The molecular weight excluding hydrogens is 224 g/mol. The average Bonchev–Trinajstić information content (AvgIpc) is 2.29. The maximum Gasteiger partial charge on any atom is 0.234 e. The number of primary amides is 1. The second kappa shape index (κ2) is 7.19. The van der Waals surface area contributed by atoms with E-state index in [0.29, 0.717) is 6.42 Å². The highest BCUT2D eigenvalue weighted by atomic mass is 32.2. The van der Waals surface area contributed by atoms with Gasteiger partial charge in [-0.1, -0.05) is 6.92 Å². The lowest BCUT2D eigenvalue weighted by Crippen LogP contribution is -2.41. The van der Waals surface area contributed by atoms with Crippen LogP contribution in [0.3, 0.4) is 0 Å². The van der Waals surface area contributed by atoms with Gasteiger partial charge in [-0.2, -0.15) is 0 Å². The van der Waals surface area contributed by atoms with Crippen molar-refractivity contribution in [2.45, 2.75) is 24.4 Å². The zero-order valence-corrected chi connectivity index (χ0v) is 10.0. The highest BCUT2D eigenvalue weighted by Crippen LogP contribution is 2.15. The van der Waals surface area contributed by atoms with Gasteiger partial charge in [0.1, 0.15) is 6.33 Å². The Balaban J connectivity index is 2.31. The summed E-state index contributed by atoms with van der Waals surface area (Å²) in [5.74, 6) is 0.502. The van der Waals surface area contributed by atoms with E-state index in [1.54, 1.807) is 18.0 Å². The van der Waals surface area contributed by atoms with Crippen molar-refractivity contribution in [3.63, 3.8) is 0 Å². The number of rotatable bonds is 7. The largest absolute Gasteiger partial charge is 0.368 e. The topological polar surface area (TPSA) is 80.9 Å². The number of nitrogens with zero attached hydrogens (tertiary/aromatic N) is 2. The number of hydrogen-bond donors (Lipinski definition) is 2. The molecule has 1 rings (SSSR count). The molecular formula is C10H16N4OS. The Kier molecular flexibility index (Phi) is 5.81. The molecule has 0 saturated carbocycles. The average molecular weight is 240 g/mol. The Morgan fingerprint density at radius 3 is 3.06 bits per heavy atom. The second-order valence-electron chi connectivity index (χ2n) is 3.20. The van der Waals surface area contributed by atoms with E-state index in [1.165, 1.54) is 6.33 Å². The van der Waals surface area contributed by atoms with Crippen LogP contribution < -0.4 is 11.1 Å². The number of amides is 1. The third-order valence-electron chi connectivity index (χ3n) is 2.01. The first kappa shape index (κ1) is 12.9. The van der Waals surface area contributed by atoms with Crippen molar-refractivity contribution in [3.05, 3.63) is 18.6 Å². The van der Waals surface area contributed by atoms with Gasteiger partial charge in [0.2, 0.25) is 5.91 Å². The lowest BCUT2D eigenvalue weighted by atomic mass is 10.2. The van der Waals surface area contributed by atoms with E-state index in [-0.39, 0.29) is 11.9 Å². The van der Waals surface area contributed by atoms with E-state index in [4.69, 9.17) is 5.73 Å². The summed E-state index contributed by atoms with van der Waals surface area (Å²) in [5, 5.41) is 3.96. The van der Waals surface area contributed by atoms with Crippen LogP contribution in [0.25, 0.3) is 0 Å². The van der Waals surface area contributed by atoms with Crippen LogP contribution in [-0.2, 0) is 4.79 Å². The molecule has 3 N–H and O–H groups in total. The molecule has 1 unspecified atom stereocenters. The number of aromatic nitrogens is 2. The zero-order valence-electron chi connectivity index (χ0n) is 9.22. The minimum atomic E-state index is -0.301. The van der Waals surface area contributed by atoms with Crippen LogP contribution in [-0.4, -0.2) is 34.2 Å². The van der Waals surface area contributed by atoms with Crippen LogP contribution in [0.4, 0.5) is 0 Å². The molecule has 0 aliphatic carbocycles. The second-order valence-corrected chi connectivity index (χ2v) is 4.31. The van der Waals surface area contributed by atoms with E-state index in [1.807, 2.05) is 13.0 Å². The Morgan fingerprint density at radius 2 is 2.50 bits per heavy atom. The van der Waals surface area contributed by atoms with Gasteiger partial charge >= 0.3 is 0 Å². The van der Waals surface area contributed by atoms with Crippen LogP contribution in [0.2, 0.25) is 0 Å². The quantitative estimate of drug-likeness (QED) is 0.533. The van der Waals surface area contributed by atoms with Gasteiger partial charge in [0.05, 0.1) is 11.1 Å². The molecule has 88 valence electrons. The normalized spacial score (nSPS) is 12.3. The van der Waals surface area contributed by atoms with Crippen molar-refractivity contribution in [2.75, 3.05) is 12.3 Å². The molecule has 6 heteroatoms. The fraction of sp³-hybridized carbons (Fsp3) is 0.500. The van der Waals surface area contributed by atoms with Crippen LogP contribution in [0.15, 0.2) is 23.6 Å². The fourth-order valence-electron chi connectivity index (χ4n) is 1.24. The van der Waals surface area contributed by atoms with Gasteiger partial charge in [-0.15, -0.1) is 11.8 Å². The molecule has 1 amide bonds. The monoisotopic (exact) mass is 240 g/mol. The number of likely N-dealkylation sites (N-methyl/N-ethyl adjacent to an activating group) is 1. The van der Waals surface area contributed by atoms with E-state index < -0.39 is 0 Å². The van der Waals surface area contributed by atoms with E-state index >= 15 is 0 Å². The number of carbonyl (C=O) groups excluding carboxylic acids is 1. The van der Waals surface area contributed by atoms with Crippen LogP contribution in [0.5, 0.6) is 0 Å². The van der Waals surface area contributed by atoms with Crippen molar-refractivity contribution >= 4 is 17.7 Å². The summed E-state index contributed by atoms with van der Waals surface area (Å²) >= 11 is 1.59. The maximum absolute atomic E-state index is 11.1. The first-order chi connectivity index (χ1) is 7.74. The fourth-order valence-corrected chi connectivity index (χ4v) is 2.08. The summed E-state index contributed by atoms with van der Waals surface area (Å²) in [6.45, 7) is 2.69. The molecule has 16 heavy (non-hydrogen) atoms. The van der Waals surface area contributed by atoms with Gasteiger partial charge in [0.15, 0.2) is 0 Å². The molecule has 0 fully saturated rings. The molecule has 1 heterocycles. The molecule has 0 spiro atoms. The number of nitrogens with one attached hydrogen (secondary N) is 1. The van der Waals surface area contributed by atoms with Gasteiger partial charge in [-0.3, -0.25) is 4.79 Å². The zero-order chi connectivity index (χ0) is 11.8. The summed E-state index contributed by atoms with van der Waals surface area (Å²) in [6.07, 6.45) is 3.92. The third-order valence-corrected chi connectivity index (χ3v) is 2.98. The number of carbonyl (C=O) groups is 1. The summed E-state index contributed by atoms with van der Waals surface area (Å²) in [6, 6.07) is 1.59. The van der Waals surface area contributed by atoms with Gasteiger partial charge in [-0.05, 0) is 19.0 Å². The van der Waals surface area contributed by atoms with E-state index in [0.717, 1.165) is 17.3 Å². The predicted octanol–water partition coefficient (Wildman–Crippen LogP) is 0.422. The summed E-state index contributed by atoms with van der Waals surface area (Å²) in [7, 11) is 0. The molecule has 1 aromatic heterocycles. The van der Waals surface area contributed by atoms with Gasteiger partial charge in [0, 0.05) is 11.9 Å². The van der Waals surface area contributed by atoms with E-state index in [2.05, 4.69) is 15.3 Å². The summed E-state index contributed by atoms with van der Waals surface area (Å²) in [5.41, 5.74) is 5.27. The van der Waals surface area contributed by atoms with Crippen LogP contribution >= 0.6 is 11.8 Å². The molecule has 5 nitrogen and oxygen atoms in total. The Hall–Kier alpha value is -1.14. The highest BCUT2D eigenvalue weighted by Gasteiger charge is 2.13. The predicted molar refractivity (Wildman–Crippen MR) is 64.0 cm³/mol. The Bertz CT molecular complexity index is 320. The lowest BCUT2D eigenvalue weighted by molar-refractivity contribution is -0.120. The van der Waals surface area contributed by atoms with Crippen molar-refractivity contribution in [1.29, 1.82) is 0 Å². The molecule has 1 aromatic rings. The first-order valence-corrected chi connectivity index (χ1v) is 6.14. The van der Waals surface area contributed by atoms with Crippen LogP contribution in [0.1, 0.15) is 13.3 Å². The van der Waals surface area contributed by atoms with Crippen molar-refractivity contribution in [3.8, 4) is 0 Å².